The molecule has 12 heteroatoms. The summed E-state index contributed by atoms with van der Waals surface area (Å²) in [5, 5.41) is 62.3. The van der Waals surface area contributed by atoms with E-state index in [1.54, 1.807) is 0 Å². The van der Waals surface area contributed by atoms with Crippen LogP contribution in [0.2, 0.25) is 0 Å². The maximum Gasteiger partial charge on any atom is 0.338 e. The van der Waals surface area contributed by atoms with E-state index in [-0.39, 0.29) is 35.8 Å². The summed E-state index contributed by atoms with van der Waals surface area (Å²) in [5.41, 5.74) is -2.06. The SMILES string of the molecule is O=C(N[C@H]1C[C@H](CO)C[C@H]1OC(=O)c1cc(O)c(C(=O)c2c(O)cccc2C(=O)O)c(O)c1)c1ccc(O)cc1. The van der Waals surface area contributed by atoms with Crippen LogP contribution >= 0.6 is 0 Å². The first kappa shape index (κ1) is 27.9. The Bertz CT molecular complexity index is 1460. The van der Waals surface area contributed by atoms with Crippen molar-refractivity contribution in [3.8, 4) is 23.0 Å². The van der Waals surface area contributed by atoms with E-state index in [2.05, 4.69) is 5.32 Å². The van der Waals surface area contributed by atoms with Crippen LogP contribution in [0.4, 0.5) is 0 Å². The van der Waals surface area contributed by atoms with Crippen LogP contribution < -0.4 is 5.32 Å². The van der Waals surface area contributed by atoms with Gasteiger partial charge in [-0.1, -0.05) is 6.07 Å². The summed E-state index contributed by atoms with van der Waals surface area (Å²) in [6.07, 6.45) is -0.368. The molecule has 0 saturated heterocycles. The van der Waals surface area contributed by atoms with Gasteiger partial charge in [-0.05, 0) is 67.3 Å². The van der Waals surface area contributed by atoms with Crippen molar-refractivity contribution in [1.29, 1.82) is 0 Å². The van der Waals surface area contributed by atoms with Gasteiger partial charge in [-0.2, -0.15) is 0 Å². The maximum absolute atomic E-state index is 13.0. The number of phenols is 4. The molecule has 0 spiro atoms. The summed E-state index contributed by atoms with van der Waals surface area (Å²) in [5.74, 6) is -6.95. The number of carboxylic acid groups (broad SMARTS) is 1. The van der Waals surface area contributed by atoms with Crippen molar-refractivity contribution in [2.45, 2.75) is 25.0 Å². The summed E-state index contributed by atoms with van der Waals surface area (Å²) in [6, 6.07) is 9.85. The molecule has 0 radical (unpaired) electrons. The number of benzene rings is 3. The van der Waals surface area contributed by atoms with Crippen molar-refractivity contribution in [1.82, 2.24) is 5.32 Å². The third-order valence-electron chi connectivity index (χ3n) is 6.62. The number of aromatic hydroxyl groups is 4. The molecule has 0 unspecified atom stereocenters. The molecule has 0 aliphatic heterocycles. The summed E-state index contributed by atoms with van der Waals surface area (Å²) in [4.78, 5) is 50.1. The lowest BCUT2D eigenvalue weighted by Gasteiger charge is -2.21. The summed E-state index contributed by atoms with van der Waals surface area (Å²) in [7, 11) is 0. The van der Waals surface area contributed by atoms with Gasteiger partial charge < -0.3 is 40.7 Å². The third kappa shape index (κ3) is 5.66. The fourth-order valence-corrected chi connectivity index (χ4v) is 4.65. The minimum Gasteiger partial charge on any atom is -0.508 e. The fourth-order valence-electron chi connectivity index (χ4n) is 4.65. The van der Waals surface area contributed by atoms with E-state index in [0.29, 0.717) is 6.42 Å². The zero-order valence-electron chi connectivity index (χ0n) is 20.8. The van der Waals surface area contributed by atoms with Crippen molar-refractivity contribution in [3.63, 3.8) is 0 Å². The number of nitrogens with one attached hydrogen (secondary N) is 1. The molecular formula is C28H25NO11. The number of carbonyl (C=O) groups is 4. The Kier molecular flexibility index (Phi) is 7.91. The second kappa shape index (κ2) is 11.3. The van der Waals surface area contributed by atoms with Gasteiger partial charge in [-0.25, -0.2) is 9.59 Å². The van der Waals surface area contributed by atoms with Crippen LogP contribution in [0.15, 0.2) is 54.6 Å². The lowest BCUT2D eigenvalue weighted by molar-refractivity contribution is 0.0238. The van der Waals surface area contributed by atoms with Gasteiger partial charge in [0.25, 0.3) is 5.91 Å². The zero-order valence-corrected chi connectivity index (χ0v) is 20.8. The zero-order chi connectivity index (χ0) is 29.1. The van der Waals surface area contributed by atoms with Crippen molar-refractivity contribution in [2.75, 3.05) is 6.61 Å². The van der Waals surface area contributed by atoms with Gasteiger partial charge in [-0.15, -0.1) is 0 Å². The quantitative estimate of drug-likeness (QED) is 0.159. The van der Waals surface area contributed by atoms with Gasteiger partial charge in [0.05, 0.1) is 22.7 Å². The number of amides is 1. The Labute approximate surface area is 226 Å². The maximum atomic E-state index is 13.0. The Hall–Kier alpha value is -5.10. The van der Waals surface area contributed by atoms with E-state index >= 15 is 0 Å². The van der Waals surface area contributed by atoms with Crippen LogP contribution in [0.25, 0.3) is 0 Å². The van der Waals surface area contributed by atoms with Crippen LogP contribution in [-0.2, 0) is 4.74 Å². The number of hydrogen-bond donors (Lipinski definition) is 7. The van der Waals surface area contributed by atoms with Gasteiger partial charge in [0.15, 0.2) is 0 Å². The first-order valence-corrected chi connectivity index (χ1v) is 12.1. The lowest BCUT2D eigenvalue weighted by Crippen LogP contribution is -2.42. The molecule has 1 saturated carbocycles. The van der Waals surface area contributed by atoms with E-state index in [1.165, 1.54) is 30.3 Å². The van der Waals surface area contributed by atoms with Crippen molar-refractivity contribution >= 4 is 23.6 Å². The van der Waals surface area contributed by atoms with Gasteiger partial charge in [0.2, 0.25) is 5.78 Å². The number of carbonyl (C=O) groups excluding carboxylic acids is 3. The third-order valence-corrected chi connectivity index (χ3v) is 6.62. The number of hydrogen-bond acceptors (Lipinski definition) is 10. The lowest BCUT2D eigenvalue weighted by atomic mass is 9.95. The van der Waals surface area contributed by atoms with E-state index in [4.69, 9.17) is 4.74 Å². The van der Waals surface area contributed by atoms with E-state index in [9.17, 15) is 49.8 Å². The Balaban J connectivity index is 1.55. The molecule has 1 aliphatic rings. The minimum atomic E-state index is -1.52. The molecule has 3 aromatic carbocycles. The summed E-state index contributed by atoms with van der Waals surface area (Å²) >= 11 is 0. The highest BCUT2D eigenvalue weighted by Gasteiger charge is 2.38. The van der Waals surface area contributed by atoms with Crippen molar-refractivity contribution in [3.05, 3.63) is 82.4 Å². The first-order chi connectivity index (χ1) is 19.0. The number of esters is 1. The topological polar surface area (TPSA) is 211 Å². The number of aromatic carboxylic acids is 1. The van der Waals surface area contributed by atoms with E-state index in [1.807, 2.05) is 0 Å². The highest BCUT2D eigenvalue weighted by molar-refractivity contribution is 6.18. The van der Waals surface area contributed by atoms with Gasteiger partial charge in [-0.3, -0.25) is 9.59 Å². The molecule has 208 valence electrons. The molecule has 4 rings (SSSR count). The number of carboxylic acids is 1. The van der Waals surface area contributed by atoms with E-state index < -0.39 is 69.7 Å². The van der Waals surface area contributed by atoms with Crippen LogP contribution in [0.5, 0.6) is 23.0 Å². The highest BCUT2D eigenvalue weighted by atomic mass is 16.5. The Morgan fingerprint density at radius 3 is 2.08 bits per heavy atom. The molecule has 7 N–H and O–H groups in total. The molecule has 1 amide bonds. The van der Waals surface area contributed by atoms with Crippen LogP contribution in [0.3, 0.4) is 0 Å². The average Bonchev–Trinajstić information content (AvgIpc) is 3.29. The number of ether oxygens (including phenoxy) is 1. The molecule has 1 fully saturated rings. The van der Waals surface area contributed by atoms with Crippen LogP contribution in [0, 0.1) is 5.92 Å². The molecule has 3 atom stereocenters. The van der Waals surface area contributed by atoms with Gasteiger partial charge in [0.1, 0.15) is 34.7 Å². The molecule has 0 aromatic heterocycles. The molecule has 40 heavy (non-hydrogen) atoms. The smallest absolute Gasteiger partial charge is 0.338 e. The number of ketones is 1. The first-order valence-electron chi connectivity index (χ1n) is 12.1. The largest absolute Gasteiger partial charge is 0.508 e. The highest BCUT2D eigenvalue weighted by Crippen LogP contribution is 2.35. The molecule has 0 bridgehead atoms. The van der Waals surface area contributed by atoms with Crippen molar-refractivity contribution < 1.29 is 54.6 Å². The molecular weight excluding hydrogens is 526 g/mol. The molecule has 1 aliphatic carbocycles. The monoisotopic (exact) mass is 551 g/mol. The van der Waals surface area contributed by atoms with Crippen LogP contribution in [-0.4, -0.2) is 73.0 Å². The van der Waals surface area contributed by atoms with Gasteiger partial charge >= 0.3 is 11.9 Å². The molecule has 0 heterocycles. The minimum absolute atomic E-state index is 0.0216. The predicted octanol–water partition coefficient (Wildman–Crippen LogP) is 2.16. The molecule has 3 aromatic rings. The van der Waals surface area contributed by atoms with E-state index in [0.717, 1.165) is 24.3 Å². The Morgan fingerprint density at radius 2 is 1.48 bits per heavy atom. The normalized spacial score (nSPS) is 18.2. The number of aliphatic hydroxyl groups excluding tert-OH is 1. The standard InChI is InChI=1S/C28H25NO11/c30-12-13-8-18(29-26(36)14-4-6-16(31)7-5-14)22(9-13)40-28(39)15-10-20(33)24(21(34)11-15)25(35)23-17(27(37)38)2-1-3-19(23)32/h1-7,10-11,13,18,22,30-34H,8-9,12H2,(H,29,36)(H,37,38)/t13-,18-,22+/m0/s1. The number of phenolic OH excluding ortho intramolecular Hbond substituents is 4. The average molecular weight is 552 g/mol. The molecule has 12 nitrogen and oxygen atoms in total. The number of rotatable bonds is 8. The second-order valence-corrected chi connectivity index (χ2v) is 9.31. The second-order valence-electron chi connectivity index (χ2n) is 9.31. The Morgan fingerprint density at radius 1 is 0.825 bits per heavy atom. The summed E-state index contributed by atoms with van der Waals surface area (Å²) < 4.78 is 5.53. The predicted molar refractivity (Wildman–Crippen MR) is 137 cm³/mol. The summed E-state index contributed by atoms with van der Waals surface area (Å²) in [6.45, 7) is -0.220. The fraction of sp³-hybridized carbons (Fsp3) is 0.214. The van der Waals surface area contributed by atoms with Crippen molar-refractivity contribution in [2.24, 2.45) is 5.92 Å². The van der Waals surface area contributed by atoms with Gasteiger partial charge in [0, 0.05) is 12.2 Å². The van der Waals surface area contributed by atoms with Crippen LogP contribution in [0.1, 0.15) is 59.8 Å². The number of aliphatic hydroxyl groups is 1.